The fourth-order valence-corrected chi connectivity index (χ4v) is 2.70. The molecule has 0 amide bonds. The molecule has 0 N–H and O–H groups in total. The Hall–Kier alpha value is -1.51. The van der Waals surface area contributed by atoms with E-state index in [-0.39, 0.29) is 5.92 Å². The number of carbonyl (C=O) groups excluding carboxylic acids is 1. The summed E-state index contributed by atoms with van der Waals surface area (Å²) < 4.78 is 11.0. The van der Waals surface area contributed by atoms with Crippen molar-refractivity contribution in [3.05, 3.63) is 24.3 Å². The molecule has 1 aliphatic rings. The van der Waals surface area contributed by atoms with Gasteiger partial charge >= 0.3 is 0 Å². The van der Waals surface area contributed by atoms with Gasteiger partial charge in [0.05, 0.1) is 13.2 Å². The third kappa shape index (κ3) is 4.55. The number of ketones is 1. The van der Waals surface area contributed by atoms with E-state index in [1.54, 1.807) is 0 Å². The van der Waals surface area contributed by atoms with Gasteiger partial charge in [-0.15, -0.1) is 0 Å². The maximum atomic E-state index is 12.0. The second-order valence-corrected chi connectivity index (χ2v) is 5.30. The van der Waals surface area contributed by atoms with Crippen LogP contribution >= 0.6 is 0 Å². The third-order valence-electron chi connectivity index (χ3n) is 3.81. The van der Waals surface area contributed by atoms with E-state index >= 15 is 0 Å². The summed E-state index contributed by atoms with van der Waals surface area (Å²) in [5.41, 5.74) is 0. The predicted octanol–water partition coefficient (Wildman–Crippen LogP) is 4.00. The molecule has 110 valence electrons. The largest absolute Gasteiger partial charge is 0.494 e. The number of carbonyl (C=O) groups is 1. The van der Waals surface area contributed by atoms with Crippen molar-refractivity contribution in [2.24, 2.45) is 5.92 Å². The average Bonchev–Trinajstić information content (AvgIpc) is 2.50. The van der Waals surface area contributed by atoms with Crippen LogP contribution in [0.25, 0.3) is 0 Å². The highest BCUT2D eigenvalue weighted by Gasteiger charge is 2.20. The summed E-state index contributed by atoms with van der Waals surface area (Å²) in [6.07, 6.45) is 6.36. The smallest absolute Gasteiger partial charge is 0.139 e. The highest BCUT2D eigenvalue weighted by molar-refractivity contribution is 5.81. The summed E-state index contributed by atoms with van der Waals surface area (Å²) in [6, 6.07) is 7.55. The SMILES string of the molecule is CCOc1ccc(OCCC(=O)C2CCCCC2)cc1. The van der Waals surface area contributed by atoms with Gasteiger partial charge in [0.2, 0.25) is 0 Å². The molecule has 1 aromatic carbocycles. The highest BCUT2D eigenvalue weighted by atomic mass is 16.5. The van der Waals surface area contributed by atoms with Crippen LogP contribution in [0.5, 0.6) is 11.5 Å². The Morgan fingerprint density at radius 3 is 2.25 bits per heavy atom. The molecule has 0 atom stereocenters. The van der Waals surface area contributed by atoms with Crippen LogP contribution in [0.3, 0.4) is 0 Å². The molecule has 0 saturated heterocycles. The molecule has 0 radical (unpaired) electrons. The standard InChI is InChI=1S/C17H24O3/c1-2-19-15-8-10-16(11-9-15)20-13-12-17(18)14-6-4-3-5-7-14/h8-11,14H,2-7,12-13H2,1H3. The minimum atomic E-state index is 0.285. The first-order valence-corrected chi connectivity index (χ1v) is 7.68. The maximum Gasteiger partial charge on any atom is 0.139 e. The van der Waals surface area contributed by atoms with Crippen LogP contribution in [0.15, 0.2) is 24.3 Å². The van der Waals surface area contributed by atoms with Gasteiger partial charge < -0.3 is 9.47 Å². The lowest BCUT2D eigenvalue weighted by Gasteiger charge is -2.20. The summed E-state index contributed by atoms with van der Waals surface area (Å²) >= 11 is 0. The molecule has 1 fully saturated rings. The van der Waals surface area contributed by atoms with Crippen LogP contribution in [0.4, 0.5) is 0 Å². The highest BCUT2D eigenvalue weighted by Crippen LogP contribution is 2.25. The lowest BCUT2D eigenvalue weighted by atomic mass is 9.85. The van der Waals surface area contributed by atoms with Gasteiger partial charge in [-0.05, 0) is 44.0 Å². The quantitative estimate of drug-likeness (QED) is 0.755. The van der Waals surface area contributed by atoms with Crippen molar-refractivity contribution in [1.82, 2.24) is 0 Å². The van der Waals surface area contributed by atoms with Crippen LogP contribution in [-0.2, 0) is 4.79 Å². The van der Waals surface area contributed by atoms with Gasteiger partial charge in [0.1, 0.15) is 17.3 Å². The summed E-state index contributed by atoms with van der Waals surface area (Å²) in [4.78, 5) is 12.0. The van der Waals surface area contributed by atoms with Crippen LogP contribution in [0.2, 0.25) is 0 Å². The Bertz CT molecular complexity index is 405. The van der Waals surface area contributed by atoms with Crippen LogP contribution < -0.4 is 9.47 Å². The lowest BCUT2D eigenvalue weighted by Crippen LogP contribution is -2.19. The normalized spacial score (nSPS) is 15.8. The molecule has 0 spiro atoms. The minimum Gasteiger partial charge on any atom is -0.494 e. The van der Waals surface area contributed by atoms with Crippen molar-refractivity contribution in [2.75, 3.05) is 13.2 Å². The van der Waals surface area contributed by atoms with Gasteiger partial charge in [0, 0.05) is 12.3 Å². The molecule has 0 heterocycles. The Morgan fingerprint density at radius 1 is 1.05 bits per heavy atom. The molecule has 3 heteroatoms. The first-order chi connectivity index (χ1) is 9.79. The topological polar surface area (TPSA) is 35.5 Å². The number of ether oxygens (including phenoxy) is 2. The zero-order valence-electron chi connectivity index (χ0n) is 12.3. The molecule has 0 unspecified atom stereocenters. The van der Waals surface area contributed by atoms with Crippen LogP contribution in [0.1, 0.15) is 45.4 Å². The van der Waals surface area contributed by atoms with Crippen molar-refractivity contribution in [3.8, 4) is 11.5 Å². The molecule has 1 aliphatic carbocycles. The maximum absolute atomic E-state index is 12.0. The fraction of sp³-hybridized carbons (Fsp3) is 0.588. The van der Waals surface area contributed by atoms with Crippen molar-refractivity contribution in [1.29, 1.82) is 0 Å². The summed E-state index contributed by atoms with van der Waals surface area (Å²) in [7, 11) is 0. The van der Waals surface area contributed by atoms with Gasteiger partial charge in [0.25, 0.3) is 0 Å². The zero-order chi connectivity index (χ0) is 14.2. The number of hydrogen-bond donors (Lipinski definition) is 0. The minimum absolute atomic E-state index is 0.285. The molecule has 0 aromatic heterocycles. The first kappa shape index (κ1) is 14.9. The van der Waals surface area contributed by atoms with Crippen molar-refractivity contribution in [3.63, 3.8) is 0 Å². The third-order valence-corrected chi connectivity index (χ3v) is 3.81. The monoisotopic (exact) mass is 276 g/mol. The Balaban J connectivity index is 1.70. The molecule has 0 aliphatic heterocycles. The van der Waals surface area contributed by atoms with E-state index in [4.69, 9.17) is 9.47 Å². The number of Topliss-reactive ketones (excluding diaryl/α,β-unsaturated/α-hetero) is 1. The lowest BCUT2D eigenvalue weighted by molar-refractivity contribution is -0.124. The number of hydrogen-bond acceptors (Lipinski definition) is 3. The van der Waals surface area contributed by atoms with E-state index in [1.165, 1.54) is 19.3 Å². The molecule has 3 nitrogen and oxygen atoms in total. The summed E-state index contributed by atoms with van der Waals surface area (Å²) in [5.74, 6) is 2.30. The van der Waals surface area contributed by atoms with Gasteiger partial charge in [-0.2, -0.15) is 0 Å². The molecule has 2 rings (SSSR count). The number of rotatable bonds is 7. The second kappa shape index (κ2) is 7.93. The summed E-state index contributed by atoms with van der Waals surface area (Å²) in [5, 5.41) is 0. The average molecular weight is 276 g/mol. The van der Waals surface area contributed by atoms with Crippen molar-refractivity contribution >= 4 is 5.78 Å². The zero-order valence-corrected chi connectivity index (χ0v) is 12.3. The van der Waals surface area contributed by atoms with Gasteiger partial charge in [-0.3, -0.25) is 4.79 Å². The van der Waals surface area contributed by atoms with E-state index in [1.807, 2.05) is 31.2 Å². The molecule has 1 aromatic rings. The van der Waals surface area contributed by atoms with Crippen molar-refractivity contribution in [2.45, 2.75) is 45.4 Å². The van der Waals surface area contributed by atoms with E-state index in [0.717, 1.165) is 24.3 Å². The van der Waals surface area contributed by atoms with Crippen LogP contribution in [0, 0.1) is 5.92 Å². The van der Waals surface area contributed by atoms with E-state index in [9.17, 15) is 4.79 Å². The number of benzene rings is 1. The molecule has 20 heavy (non-hydrogen) atoms. The van der Waals surface area contributed by atoms with Crippen molar-refractivity contribution < 1.29 is 14.3 Å². The Labute approximate surface area is 121 Å². The van der Waals surface area contributed by atoms with Gasteiger partial charge in [0.15, 0.2) is 0 Å². The summed E-state index contributed by atoms with van der Waals surface area (Å²) in [6.45, 7) is 3.10. The van der Waals surface area contributed by atoms with Gasteiger partial charge in [-0.25, -0.2) is 0 Å². The molecular weight excluding hydrogens is 252 g/mol. The first-order valence-electron chi connectivity index (χ1n) is 7.68. The van der Waals surface area contributed by atoms with E-state index < -0.39 is 0 Å². The Kier molecular flexibility index (Phi) is 5.90. The van der Waals surface area contributed by atoms with Crippen LogP contribution in [-0.4, -0.2) is 19.0 Å². The Morgan fingerprint density at radius 2 is 1.65 bits per heavy atom. The van der Waals surface area contributed by atoms with E-state index in [2.05, 4.69) is 0 Å². The van der Waals surface area contributed by atoms with E-state index in [0.29, 0.717) is 25.4 Å². The molecular formula is C17H24O3. The fourth-order valence-electron chi connectivity index (χ4n) is 2.70. The van der Waals surface area contributed by atoms with Gasteiger partial charge in [-0.1, -0.05) is 19.3 Å². The molecule has 1 saturated carbocycles. The predicted molar refractivity (Wildman–Crippen MR) is 79.3 cm³/mol. The second-order valence-electron chi connectivity index (χ2n) is 5.30. The molecule has 0 bridgehead atoms.